The van der Waals surface area contributed by atoms with E-state index in [2.05, 4.69) is 20.2 Å². The second-order valence-electron chi connectivity index (χ2n) is 6.58. The van der Waals surface area contributed by atoms with E-state index < -0.39 is 0 Å². The summed E-state index contributed by atoms with van der Waals surface area (Å²) in [6.07, 6.45) is 5.48. The molecule has 0 saturated carbocycles. The molecule has 2 heterocycles. The summed E-state index contributed by atoms with van der Waals surface area (Å²) in [5.41, 5.74) is 3.02. The fourth-order valence-corrected chi connectivity index (χ4v) is 3.23. The van der Waals surface area contributed by atoms with E-state index in [1.54, 1.807) is 7.11 Å². The maximum absolute atomic E-state index is 12.2. The Morgan fingerprint density at radius 3 is 2.96 bits per heavy atom. The van der Waals surface area contributed by atoms with Crippen LogP contribution in [0.1, 0.15) is 48.5 Å². The van der Waals surface area contributed by atoms with Crippen molar-refractivity contribution >= 4 is 6.03 Å². The van der Waals surface area contributed by atoms with Gasteiger partial charge in [0, 0.05) is 19.2 Å². The van der Waals surface area contributed by atoms with Crippen molar-refractivity contribution < 1.29 is 9.53 Å². The number of carbonyl (C=O) groups is 1. The first-order valence-corrected chi connectivity index (χ1v) is 8.80. The number of methoxy groups -OCH3 is 1. The van der Waals surface area contributed by atoms with Crippen LogP contribution in [0.25, 0.3) is 0 Å². The second-order valence-corrected chi connectivity index (χ2v) is 6.58. The lowest BCUT2D eigenvalue weighted by Crippen LogP contribution is -2.36. The Morgan fingerprint density at radius 2 is 2.24 bits per heavy atom. The molecule has 0 unspecified atom stereocenters. The number of aryl methyl sites for hydroxylation is 3. The number of rotatable bonds is 5. The number of aromatic nitrogens is 2. The SMILES string of the molecule is COc1ccc([C@@H](C)NC(=O)NCc2cn3c(n2)CCCC3)cc1C. The molecule has 2 aromatic rings. The second kappa shape index (κ2) is 7.59. The fraction of sp³-hybridized carbons (Fsp3) is 0.474. The molecule has 0 radical (unpaired) electrons. The first-order chi connectivity index (χ1) is 12.1. The van der Waals surface area contributed by atoms with Crippen molar-refractivity contribution in [2.24, 2.45) is 0 Å². The quantitative estimate of drug-likeness (QED) is 0.877. The van der Waals surface area contributed by atoms with Gasteiger partial charge in [-0.3, -0.25) is 0 Å². The minimum absolute atomic E-state index is 0.0835. The highest BCUT2D eigenvalue weighted by Crippen LogP contribution is 2.22. The molecule has 1 aromatic heterocycles. The van der Waals surface area contributed by atoms with Crippen LogP contribution in [0.15, 0.2) is 24.4 Å². The molecule has 3 rings (SSSR count). The molecule has 134 valence electrons. The van der Waals surface area contributed by atoms with E-state index in [9.17, 15) is 4.79 Å². The van der Waals surface area contributed by atoms with Crippen molar-refractivity contribution in [3.63, 3.8) is 0 Å². The van der Waals surface area contributed by atoms with Crippen LogP contribution < -0.4 is 15.4 Å². The number of hydrogen-bond acceptors (Lipinski definition) is 3. The Bertz CT molecular complexity index is 730. The molecular formula is C19H26N4O2. The predicted molar refractivity (Wildman–Crippen MR) is 96.7 cm³/mol. The van der Waals surface area contributed by atoms with Crippen LogP contribution in [0.2, 0.25) is 0 Å². The van der Waals surface area contributed by atoms with E-state index >= 15 is 0 Å². The van der Waals surface area contributed by atoms with Gasteiger partial charge in [-0.05, 0) is 43.9 Å². The Hall–Kier alpha value is -2.50. The summed E-state index contributed by atoms with van der Waals surface area (Å²) < 4.78 is 7.47. The molecule has 0 bridgehead atoms. The summed E-state index contributed by atoms with van der Waals surface area (Å²) in [5.74, 6) is 1.98. The Kier molecular flexibility index (Phi) is 5.26. The number of nitrogens with zero attached hydrogens (tertiary/aromatic N) is 2. The molecule has 2 amide bonds. The number of fused-ring (bicyclic) bond motifs is 1. The molecule has 0 aliphatic carbocycles. The normalized spacial score (nSPS) is 14.5. The van der Waals surface area contributed by atoms with E-state index in [0.29, 0.717) is 6.54 Å². The van der Waals surface area contributed by atoms with Crippen LogP contribution in [0.3, 0.4) is 0 Å². The molecule has 2 N–H and O–H groups in total. The van der Waals surface area contributed by atoms with Crippen molar-refractivity contribution in [3.05, 3.63) is 47.0 Å². The van der Waals surface area contributed by atoms with Gasteiger partial charge in [0.05, 0.1) is 25.4 Å². The maximum atomic E-state index is 12.2. The molecule has 1 aliphatic heterocycles. The van der Waals surface area contributed by atoms with Gasteiger partial charge >= 0.3 is 6.03 Å². The van der Waals surface area contributed by atoms with Crippen LogP contribution in [-0.2, 0) is 19.5 Å². The van der Waals surface area contributed by atoms with Gasteiger partial charge in [-0.15, -0.1) is 0 Å². The highest BCUT2D eigenvalue weighted by Gasteiger charge is 2.14. The summed E-state index contributed by atoms with van der Waals surface area (Å²) in [6, 6.07) is 5.66. The molecule has 1 aliphatic rings. The Morgan fingerprint density at radius 1 is 1.40 bits per heavy atom. The lowest BCUT2D eigenvalue weighted by atomic mass is 10.1. The average molecular weight is 342 g/mol. The molecule has 0 spiro atoms. The van der Waals surface area contributed by atoms with E-state index in [1.165, 1.54) is 12.8 Å². The molecule has 1 atom stereocenters. The summed E-state index contributed by atoms with van der Waals surface area (Å²) in [7, 11) is 1.66. The maximum Gasteiger partial charge on any atom is 0.315 e. The van der Waals surface area contributed by atoms with Crippen LogP contribution in [0.4, 0.5) is 4.79 Å². The summed E-state index contributed by atoms with van der Waals surface area (Å²) in [4.78, 5) is 16.8. The van der Waals surface area contributed by atoms with Gasteiger partial charge in [0.2, 0.25) is 0 Å². The van der Waals surface area contributed by atoms with E-state index in [1.807, 2.05) is 38.2 Å². The summed E-state index contributed by atoms with van der Waals surface area (Å²) in [6.45, 7) is 5.44. The number of ether oxygens (including phenoxy) is 1. The Balaban J connectivity index is 1.53. The number of carbonyl (C=O) groups excluding carboxylic acids is 1. The molecular weight excluding hydrogens is 316 g/mol. The third-order valence-corrected chi connectivity index (χ3v) is 4.66. The van der Waals surface area contributed by atoms with Gasteiger partial charge in [-0.25, -0.2) is 9.78 Å². The smallest absolute Gasteiger partial charge is 0.315 e. The van der Waals surface area contributed by atoms with Crippen molar-refractivity contribution in [1.29, 1.82) is 0 Å². The number of amides is 2. The number of hydrogen-bond donors (Lipinski definition) is 2. The topological polar surface area (TPSA) is 68.2 Å². The van der Waals surface area contributed by atoms with Crippen molar-refractivity contribution in [2.75, 3.05) is 7.11 Å². The predicted octanol–water partition coefficient (Wildman–Crippen LogP) is 3.10. The summed E-state index contributed by atoms with van der Waals surface area (Å²) >= 11 is 0. The van der Waals surface area contributed by atoms with Crippen LogP contribution in [0, 0.1) is 6.92 Å². The van der Waals surface area contributed by atoms with Gasteiger partial charge in [-0.1, -0.05) is 12.1 Å². The van der Waals surface area contributed by atoms with Gasteiger partial charge in [0.15, 0.2) is 0 Å². The molecule has 1 aromatic carbocycles. The zero-order valence-corrected chi connectivity index (χ0v) is 15.1. The van der Waals surface area contributed by atoms with E-state index in [0.717, 1.165) is 41.4 Å². The highest BCUT2D eigenvalue weighted by molar-refractivity contribution is 5.74. The number of imidazole rings is 1. The zero-order valence-electron chi connectivity index (χ0n) is 15.1. The molecule has 6 heteroatoms. The van der Waals surface area contributed by atoms with Gasteiger partial charge in [0.25, 0.3) is 0 Å². The van der Waals surface area contributed by atoms with Crippen LogP contribution in [0.5, 0.6) is 5.75 Å². The molecule has 0 saturated heterocycles. The summed E-state index contributed by atoms with van der Waals surface area (Å²) in [5, 5.41) is 5.86. The Labute approximate surface area is 148 Å². The van der Waals surface area contributed by atoms with Crippen LogP contribution >= 0.6 is 0 Å². The third-order valence-electron chi connectivity index (χ3n) is 4.66. The molecule has 25 heavy (non-hydrogen) atoms. The third kappa shape index (κ3) is 4.13. The standard InChI is InChI=1S/C19H26N4O2/c1-13-10-15(7-8-17(13)25-3)14(2)21-19(24)20-11-16-12-23-9-5-4-6-18(23)22-16/h7-8,10,12,14H,4-6,9,11H2,1-3H3,(H2,20,21,24)/t14-/m1/s1. The van der Waals surface area contributed by atoms with Gasteiger partial charge in [-0.2, -0.15) is 0 Å². The number of urea groups is 1. The molecule has 6 nitrogen and oxygen atoms in total. The lowest BCUT2D eigenvalue weighted by molar-refractivity contribution is 0.237. The fourth-order valence-electron chi connectivity index (χ4n) is 3.23. The van der Waals surface area contributed by atoms with Crippen LogP contribution in [-0.4, -0.2) is 22.7 Å². The van der Waals surface area contributed by atoms with Gasteiger partial charge < -0.3 is 19.9 Å². The van der Waals surface area contributed by atoms with Gasteiger partial charge in [0.1, 0.15) is 11.6 Å². The van der Waals surface area contributed by atoms with Crippen molar-refractivity contribution in [2.45, 2.75) is 52.2 Å². The first kappa shape index (κ1) is 17.3. The highest BCUT2D eigenvalue weighted by atomic mass is 16.5. The first-order valence-electron chi connectivity index (χ1n) is 8.80. The molecule has 0 fully saturated rings. The minimum atomic E-state index is -0.188. The number of benzene rings is 1. The zero-order chi connectivity index (χ0) is 17.8. The largest absolute Gasteiger partial charge is 0.496 e. The monoisotopic (exact) mass is 342 g/mol. The average Bonchev–Trinajstić information content (AvgIpc) is 3.03. The van der Waals surface area contributed by atoms with Crippen molar-refractivity contribution in [3.8, 4) is 5.75 Å². The minimum Gasteiger partial charge on any atom is -0.496 e. The lowest BCUT2D eigenvalue weighted by Gasteiger charge is -2.16. The van der Waals surface area contributed by atoms with E-state index in [-0.39, 0.29) is 12.1 Å². The van der Waals surface area contributed by atoms with E-state index in [4.69, 9.17) is 4.74 Å². The van der Waals surface area contributed by atoms with Crippen molar-refractivity contribution in [1.82, 2.24) is 20.2 Å². The number of nitrogens with one attached hydrogen (secondary N) is 2.